The van der Waals surface area contributed by atoms with Gasteiger partial charge < -0.3 is 5.11 Å². The van der Waals surface area contributed by atoms with Crippen molar-refractivity contribution in [3.05, 3.63) is 71.3 Å². The molecule has 0 amide bonds. The lowest BCUT2D eigenvalue weighted by atomic mass is 10.1. The summed E-state index contributed by atoms with van der Waals surface area (Å²) in [6.45, 7) is 0. The number of halogens is 3. The molecule has 0 aliphatic rings. The molecule has 0 saturated carbocycles. The SMILES string of the molecule is O[C@H](C#Cc1ccc(C(F)(F)F)cc1)c1ccccc1. The van der Waals surface area contributed by atoms with Crippen LogP contribution < -0.4 is 0 Å². The molecule has 0 saturated heterocycles. The minimum Gasteiger partial charge on any atom is -0.376 e. The van der Waals surface area contributed by atoms with Gasteiger partial charge in [0.1, 0.15) is 6.10 Å². The van der Waals surface area contributed by atoms with Gasteiger partial charge in [0.15, 0.2) is 0 Å². The molecule has 4 heteroatoms. The molecule has 0 aliphatic carbocycles. The number of aliphatic hydroxyl groups is 1. The normalized spacial score (nSPS) is 12.4. The summed E-state index contributed by atoms with van der Waals surface area (Å²) in [6, 6.07) is 13.3. The van der Waals surface area contributed by atoms with Crippen molar-refractivity contribution >= 4 is 0 Å². The van der Waals surface area contributed by atoms with Crippen LogP contribution in [0, 0.1) is 11.8 Å². The van der Waals surface area contributed by atoms with Crippen LogP contribution in [0.5, 0.6) is 0 Å². The Kier molecular flexibility index (Phi) is 4.11. The van der Waals surface area contributed by atoms with Crippen LogP contribution >= 0.6 is 0 Å². The van der Waals surface area contributed by atoms with Crippen molar-refractivity contribution in [3.63, 3.8) is 0 Å². The average molecular weight is 276 g/mol. The van der Waals surface area contributed by atoms with Crippen LogP contribution in [0.2, 0.25) is 0 Å². The van der Waals surface area contributed by atoms with Gasteiger partial charge in [0, 0.05) is 5.56 Å². The van der Waals surface area contributed by atoms with E-state index in [1.165, 1.54) is 12.1 Å². The molecule has 0 unspecified atom stereocenters. The van der Waals surface area contributed by atoms with Crippen molar-refractivity contribution in [1.82, 2.24) is 0 Å². The predicted molar refractivity (Wildman–Crippen MR) is 69.7 cm³/mol. The zero-order valence-corrected chi connectivity index (χ0v) is 10.4. The first-order valence-electron chi connectivity index (χ1n) is 5.88. The van der Waals surface area contributed by atoms with Crippen molar-refractivity contribution in [2.45, 2.75) is 12.3 Å². The Morgan fingerprint density at radius 1 is 0.900 bits per heavy atom. The number of hydrogen-bond acceptors (Lipinski definition) is 1. The summed E-state index contributed by atoms with van der Waals surface area (Å²) in [5.41, 5.74) is 0.353. The summed E-state index contributed by atoms with van der Waals surface area (Å²) in [4.78, 5) is 0. The highest BCUT2D eigenvalue weighted by atomic mass is 19.4. The first-order chi connectivity index (χ1) is 9.47. The zero-order valence-electron chi connectivity index (χ0n) is 10.4. The number of hydrogen-bond donors (Lipinski definition) is 1. The van der Waals surface area contributed by atoms with Gasteiger partial charge in [-0.1, -0.05) is 42.2 Å². The lowest BCUT2D eigenvalue weighted by Gasteiger charge is -2.05. The number of alkyl halides is 3. The van der Waals surface area contributed by atoms with Crippen LogP contribution in [0.25, 0.3) is 0 Å². The van der Waals surface area contributed by atoms with Crippen LogP contribution in [-0.2, 0) is 6.18 Å². The maximum absolute atomic E-state index is 12.4. The molecule has 0 spiro atoms. The molecular weight excluding hydrogens is 265 g/mol. The van der Waals surface area contributed by atoms with Crippen LogP contribution in [-0.4, -0.2) is 5.11 Å². The monoisotopic (exact) mass is 276 g/mol. The smallest absolute Gasteiger partial charge is 0.376 e. The molecule has 1 atom stereocenters. The second-order valence-corrected chi connectivity index (χ2v) is 4.16. The molecule has 20 heavy (non-hydrogen) atoms. The summed E-state index contributed by atoms with van der Waals surface area (Å²) in [5, 5.41) is 9.81. The molecule has 2 rings (SSSR count). The van der Waals surface area contributed by atoms with E-state index in [4.69, 9.17) is 0 Å². The summed E-state index contributed by atoms with van der Waals surface area (Å²) in [5.74, 6) is 5.25. The second kappa shape index (κ2) is 5.81. The zero-order chi connectivity index (χ0) is 14.6. The molecule has 0 heterocycles. The predicted octanol–water partition coefficient (Wildman–Crippen LogP) is 3.79. The third kappa shape index (κ3) is 3.62. The summed E-state index contributed by atoms with van der Waals surface area (Å²) in [6.07, 6.45) is -5.31. The third-order valence-electron chi connectivity index (χ3n) is 2.68. The van der Waals surface area contributed by atoms with E-state index in [0.29, 0.717) is 11.1 Å². The van der Waals surface area contributed by atoms with Gasteiger partial charge >= 0.3 is 6.18 Å². The van der Waals surface area contributed by atoms with E-state index in [1.807, 2.05) is 6.07 Å². The van der Waals surface area contributed by atoms with Gasteiger partial charge in [0.25, 0.3) is 0 Å². The van der Waals surface area contributed by atoms with Crippen molar-refractivity contribution in [2.75, 3.05) is 0 Å². The molecule has 102 valence electrons. The highest BCUT2D eigenvalue weighted by Crippen LogP contribution is 2.28. The fourth-order valence-electron chi connectivity index (χ4n) is 1.61. The van der Waals surface area contributed by atoms with Gasteiger partial charge in [-0.3, -0.25) is 0 Å². The molecule has 2 aromatic carbocycles. The maximum atomic E-state index is 12.4. The fourth-order valence-corrected chi connectivity index (χ4v) is 1.61. The third-order valence-corrected chi connectivity index (χ3v) is 2.68. The summed E-state index contributed by atoms with van der Waals surface area (Å²) in [7, 11) is 0. The van der Waals surface area contributed by atoms with Crippen LogP contribution in [0.1, 0.15) is 22.8 Å². The molecule has 1 nitrogen and oxygen atoms in total. The Bertz CT molecular complexity index is 619. The van der Waals surface area contributed by atoms with Crippen molar-refractivity contribution < 1.29 is 18.3 Å². The average Bonchev–Trinajstić information content (AvgIpc) is 2.45. The van der Waals surface area contributed by atoms with Crippen LogP contribution in [0.3, 0.4) is 0 Å². The molecule has 0 bridgehead atoms. The van der Waals surface area contributed by atoms with E-state index in [1.54, 1.807) is 24.3 Å². The lowest BCUT2D eigenvalue weighted by molar-refractivity contribution is -0.137. The quantitative estimate of drug-likeness (QED) is 0.786. The highest BCUT2D eigenvalue weighted by molar-refractivity contribution is 5.38. The number of aliphatic hydroxyl groups excluding tert-OH is 1. The van der Waals surface area contributed by atoms with E-state index in [0.717, 1.165) is 12.1 Å². The largest absolute Gasteiger partial charge is 0.416 e. The maximum Gasteiger partial charge on any atom is 0.416 e. The number of rotatable bonds is 1. The van der Waals surface area contributed by atoms with Gasteiger partial charge in [-0.05, 0) is 29.8 Å². The standard InChI is InChI=1S/C16H11F3O/c17-16(18,19)14-9-6-12(7-10-14)8-11-15(20)13-4-2-1-3-5-13/h1-7,9-10,15,20H/t15-/m1/s1. The molecule has 2 aromatic rings. The van der Waals surface area contributed by atoms with Gasteiger partial charge in [-0.15, -0.1) is 0 Å². The topological polar surface area (TPSA) is 20.2 Å². The highest BCUT2D eigenvalue weighted by Gasteiger charge is 2.29. The Labute approximate surface area is 114 Å². The Hall–Kier alpha value is -2.25. The first-order valence-corrected chi connectivity index (χ1v) is 5.88. The molecule has 0 radical (unpaired) electrons. The molecular formula is C16H11F3O. The lowest BCUT2D eigenvalue weighted by Crippen LogP contribution is -2.04. The van der Waals surface area contributed by atoms with E-state index in [2.05, 4.69) is 11.8 Å². The molecule has 0 aromatic heterocycles. The first kappa shape index (κ1) is 14.2. The van der Waals surface area contributed by atoms with Gasteiger partial charge in [-0.2, -0.15) is 13.2 Å². The van der Waals surface area contributed by atoms with E-state index in [-0.39, 0.29) is 0 Å². The minimum absolute atomic E-state index is 0.424. The Balaban J connectivity index is 2.13. The van der Waals surface area contributed by atoms with Gasteiger partial charge in [0.2, 0.25) is 0 Å². The number of benzene rings is 2. The van der Waals surface area contributed by atoms with Crippen molar-refractivity contribution in [2.24, 2.45) is 0 Å². The fraction of sp³-hybridized carbons (Fsp3) is 0.125. The molecule has 0 aliphatic heterocycles. The van der Waals surface area contributed by atoms with Gasteiger partial charge in [0.05, 0.1) is 5.56 Å². The van der Waals surface area contributed by atoms with Crippen LogP contribution in [0.4, 0.5) is 13.2 Å². The summed E-state index contributed by atoms with van der Waals surface area (Å²) < 4.78 is 37.1. The van der Waals surface area contributed by atoms with Crippen LogP contribution in [0.15, 0.2) is 54.6 Å². The van der Waals surface area contributed by atoms with E-state index >= 15 is 0 Å². The van der Waals surface area contributed by atoms with Crippen molar-refractivity contribution in [3.8, 4) is 11.8 Å². The second-order valence-electron chi connectivity index (χ2n) is 4.16. The Morgan fingerprint density at radius 3 is 2.05 bits per heavy atom. The Morgan fingerprint density at radius 2 is 1.50 bits per heavy atom. The molecule has 0 fully saturated rings. The minimum atomic E-state index is -4.35. The summed E-state index contributed by atoms with van der Waals surface area (Å²) >= 11 is 0. The van der Waals surface area contributed by atoms with Gasteiger partial charge in [-0.25, -0.2) is 0 Å². The van der Waals surface area contributed by atoms with E-state index < -0.39 is 17.8 Å². The van der Waals surface area contributed by atoms with Crippen molar-refractivity contribution in [1.29, 1.82) is 0 Å². The molecule has 1 N–H and O–H groups in total. The van der Waals surface area contributed by atoms with E-state index in [9.17, 15) is 18.3 Å².